The van der Waals surface area contributed by atoms with E-state index in [-0.39, 0.29) is 11.3 Å². The SMILES string of the molecule is O=C(/C=C/c1coc2ccccc2c1=O)Nc1nc(-c2ccccn2)cs1. The second-order valence-corrected chi connectivity index (χ2v) is 6.45. The van der Waals surface area contributed by atoms with E-state index in [9.17, 15) is 9.59 Å². The van der Waals surface area contributed by atoms with Crippen LogP contribution < -0.4 is 10.7 Å². The van der Waals surface area contributed by atoms with Crippen LogP contribution in [0.25, 0.3) is 28.4 Å². The molecule has 4 rings (SSSR count). The summed E-state index contributed by atoms with van der Waals surface area (Å²) >= 11 is 1.30. The van der Waals surface area contributed by atoms with Gasteiger partial charge in [-0.1, -0.05) is 18.2 Å². The number of hydrogen-bond acceptors (Lipinski definition) is 6. The van der Waals surface area contributed by atoms with Gasteiger partial charge in [-0.05, 0) is 30.3 Å². The van der Waals surface area contributed by atoms with Gasteiger partial charge >= 0.3 is 0 Å². The number of anilines is 1. The highest BCUT2D eigenvalue weighted by molar-refractivity contribution is 7.14. The lowest BCUT2D eigenvalue weighted by atomic mass is 10.1. The fourth-order valence-corrected chi connectivity index (χ4v) is 3.19. The molecule has 0 radical (unpaired) electrons. The Morgan fingerprint density at radius 2 is 1.96 bits per heavy atom. The quantitative estimate of drug-likeness (QED) is 0.546. The average Bonchev–Trinajstić information content (AvgIpc) is 3.17. The topological polar surface area (TPSA) is 85.1 Å². The summed E-state index contributed by atoms with van der Waals surface area (Å²) in [6, 6.07) is 12.5. The van der Waals surface area contributed by atoms with Crippen LogP contribution in [0.5, 0.6) is 0 Å². The zero-order valence-electron chi connectivity index (χ0n) is 14.0. The fraction of sp³-hybridized carbons (Fsp3) is 0. The first kappa shape index (κ1) is 16.9. The number of fused-ring (bicyclic) bond motifs is 1. The van der Waals surface area contributed by atoms with Crippen LogP contribution in [0.3, 0.4) is 0 Å². The van der Waals surface area contributed by atoms with Gasteiger partial charge in [0.15, 0.2) is 10.6 Å². The summed E-state index contributed by atoms with van der Waals surface area (Å²) in [7, 11) is 0. The molecule has 132 valence electrons. The predicted octanol–water partition coefficient (Wildman–Crippen LogP) is 3.96. The molecular weight excluding hydrogens is 362 g/mol. The zero-order chi connectivity index (χ0) is 18.6. The number of thiazole rings is 1. The van der Waals surface area contributed by atoms with E-state index in [4.69, 9.17) is 4.42 Å². The minimum atomic E-state index is -0.385. The smallest absolute Gasteiger partial charge is 0.250 e. The second-order valence-electron chi connectivity index (χ2n) is 5.59. The Balaban J connectivity index is 1.49. The number of carbonyl (C=O) groups excluding carboxylic acids is 1. The van der Waals surface area contributed by atoms with Crippen molar-refractivity contribution in [3.63, 3.8) is 0 Å². The highest BCUT2D eigenvalue weighted by Crippen LogP contribution is 2.23. The normalized spacial score (nSPS) is 11.1. The molecule has 0 aliphatic heterocycles. The summed E-state index contributed by atoms with van der Waals surface area (Å²) in [5.74, 6) is -0.385. The number of aromatic nitrogens is 2. The third kappa shape index (κ3) is 3.68. The summed E-state index contributed by atoms with van der Waals surface area (Å²) in [6.07, 6.45) is 5.74. The van der Waals surface area contributed by atoms with Crippen molar-refractivity contribution >= 4 is 39.4 Å². The van der Waals surface area contributed by atoms with Gasteiger partial charge in [0.2, 0.25) is 5.91 Å². The number of amides is 1. The average molecular weight is 375 g/mol. The van der Waals surface area contributed by atoms with E-state index in [2.05, 4.69) is 15.3 Å². The van der Waals surface area contributed by atoms with E-state index in [1.54, 1.807) is 30.5 Å². The van der Waals surface area contributed by atoms with Crippen LogP contribution in [0.1, 0.15) is 5.56 Å². The standard InChI is InChI=1S/C20H13N3O3S/c24-18(23-20-22-16(12-27-20)15-6-3-4-10-21-15)9-8-13-11-26-17-7-2-1-5-14(17)19(13)25/h1-12H,(H,22,23,24)/b9-8+. The van der Waals surface area contributed by atoms with Crippen molar-refractivity contribution in [1.82, 2.24) is 9.97 Å². The molecule has 7 heteroatoms. The van der Waals surface area contributed by atoms with Crippen LogP contribution in [-0.4, -0.2) is 15.9 Å². The van der Waals surface area contributed by atoms with Crippen LogP contribution in [0, 0.1) is 0 Å². The number of carbonyl (C=O) groups is 1. The first-order chi connectivity index (χ1) is 13.2. The van der Waals surface area contributed by atoms with Gasteiger partial charge in [0.25, 0.3) is 0 Å². The molecule has 1 amide bonds. The number of benzene rings is 1. The Morgan fingerprint density at radius 1 is 1.11 bits per heavy atom. The summed E-state index contributed by atoms with van der Waals surface area (Å²) < 4.78 is 5.43. The molecule has 3 heterocycles. The van der Waals surface area contributed by atoms with Gasteiger partial charge in [0.1, 0.15) is 17.5 Å². The van der Waals surface area contributed by atoms with Crippen molar-refractivity contribution in [1.29, 1.82) is 0 Å². The molecule has 0 saturated carbocycles. The summed E-state index contributed by atoms with van der Waals surface area (Å²) in [5.41, 5.74) is 2.05. The van der Waals surface area contributed by atoms with Crippen molar-refractivity contribution in [2.24, 2.45) is 0 Å². The zero-order valence-corrected chi connectivity index (χ0v) is 14.8. The van der Waals surface area contributed by atoms with Gasteiger partial charge in [-0.3, -0.25) is 19.9 Å². The van der Waals surface area contributed by atoms with Crippen molar-refractivity contribution in [2.75, 3.05) is 5.32 Å². The molecule has 1 N–H and O–H groups in total. The van der Waals surface area contributed by atoms with E-state index in [1.807, 2.05) is 23.6 Å². The molecule has 0 bridgehead atoms. The summed E-state index contributed by atoms with van der Waals surface area (Å²) in [5, 5.41) is 5.43. The fourth-order valence-electron chi connectivity index (χ4n) is 2.48. The monoisotopic (exact) mass is 375 g/mol. The molecule has 0 aliphatic rings. The van der Waals surface area contributed by atoms with E-state index >= 15 is 0 Å². The largest absolute Gasteiger partial charge is 0.463 e. The number of nitrogens with one attached hydrogen (secondary N) is 1. The first-order valence-corrected chi connectivity index (χ1v) is 8.95. The maximum atomic E-state index is 12.4. The highest BCUT2D eigenvalue weighted by atomic mass is 32.1. The van der Waals surface area contributed by atoms with E-state index in [1.165, 1.54) is 29.8 Å². The van der Waals surface area contributed by atoms with Crippen LogP contribution >= 0.6 is 11.3 Å². The molecular formula is C20H13N3O3S. The molecule has 0 atom stereocenters. The second kappa shape index (κ2) is 7.35. The molecule has 1 aromatic carbocycles. The molecule has 0 saturated heterocycles. The van der Waals surface area contributed by atoms with E-state index in [0.717, 1.165) is 5.69 Å². The highest BCUT2D eigenvalue weighted by Gasteiger charge is 2.08. The van der Waals surface area contributed by atoms with Gasteiger partial charge < -0.3 is 4.42 Å². The molecule has 0 unspecified atom stereocenters. The first-order valence-electron chi connectivity index (χ1n) is 8.07. The molecule has 6 nitrogen and oxygen atoms in total. The Labute approximate surface area is 157 Å². The number of hydrogen-bond donors (Lipinski definition) is 1. The number of nitrogens with zero attached hydrogens (tertiary/aromatic N) is 2. The van der Waals surface area contributed by atoms with Crippen LogP contribution in [0.4, 0.5) is 5.13 Å². The van der Waals surface area contributed by atoms with Crippen LogP contribution in [0.15, 0.2) is 75.6 Å². The molecule has 0 aliphatic carbocycles. The van der Waals surface area contributed by atoms with Crippen molar-refractivity contribution < 1.29 is 9.21 Å². The Bertz CT molecular complexity index is 1200. The van der Waals surface area contributed by atoms with Crippen LogP contribution in [0.2, 0.25) is 0 Å². The van der Waals surface area contributed by atoms with Gasteiger partial charge in [-0.2, -0.15) is 0 Å². The number of para-hydroxylation sites is 1. The molecule has 0 spiro atoms. The lowest BCUT2D eigenvalue weighted by molar-refractivity contribution is -0.111. The summed E-state index contributed by atoms with van der Waals surface area (Å²) in [6.45, 7) is 0. The molecule has 4 aromatic rings. The van der Waals surface area contributed by atoms with Gasteiger partial charge in [-0.15, -0.1) is 11.3 Å². The molecule has 27 heavy (non-hydrogen) atoms. The van der Waals surface area contributed by atoms with Crippen molar-refractivity contribution in [3.05, 3.63) is 82.2 Å². The van der Waals surface area contributed by atoms with Gasteiger partial charge in [0, 0.05) is 17.7 Å². The molecule has 3 aromatic heterocycles. The Hall–Kier alpha value is -3.58. The van der Waals surface area contributed by atoms with Crippen molar-refractivity contribution in [3.8, 4) is 11.4 Å². The van der Waals surface area contributed by atoms with Crippen LogP contribution in [-0.2, 0) is 4.79 Å². The predicted molar refractivity (Wildman–Crippen MR) is 105 cm³/mol. The minimum absolute atomic E-state index is 0.187. The third-order valence-corrected chi connectivity index (χ3v) is 4.54. The number of rotatable bonds is 4. The van der Waals surface area contributed by atoms with Gasteiger partial charge in [0.05, 0.1) is 16.6 Å². The lowest BCUT2D eigenvalue weighted by Crippen LogP contribution is -2.09. The van der Waals surface area contributed by atoms with E-state index < -0.39 is 0 Å². The molecule has 0 fully saturated rings. The lowest BCUT2D eigenvalue weighted by Gasteiger charge is -1.98. The maximum Gasteiger partial charge on any atom is 0.250 e. The minimum Gasteiger partial charge on any atom is -0.463 e. The van der Waals surface area contributed by atoms with Gasteiger partial charge in [-0.25, -0.2) is 4.98 Å². The Morgan fingerprint density at radius 3 is 2.81 bits per heavy atom. The summed E-state index contributed by atoms with van der Waals surface area (Å²) in [4.78, 5) is 33.1. The Kier molecular flexibility index (Phi) is 4.59. The number of pyridine rings is 1. The third-order valence-electron chi connectivity index (χ3n) is 3.78. The maximum absolute atomic E-state index is 12.4. The van der Waals surface area contributed by atoms with Crippen molar-refractivity contribution in [2.45, 2.75) is 0 Å². The van der Waals surface area contributed by atoms with E-state index in [0.29, 0.717) is 27.4 Å².